The molecule has 1 saturated carbocycles. The van der Waals surface area contributed by atoms with Crippen molar-refractivity contribution in [2.24, 2.45) is 7.05 Å². The molecule has 0 bridgehead atoms. The van der Waals surface area contributed by atoms with Gasteiger partial charge in [0.05, 0.1) is 36.2 Å². The van der Waals surface area contributed by atoms with Crippen molar-refractivity contribution in [3.05, 3.63) is 54.1 Å². The van der Waals surface area contributed by atoms with Gasteiger partial charge in [-0.2, -0.15) is 0 Å². The number of aryl methyl sites for hydroxylation is 1. The number of carbonyl (C=O) groups is 1. The molecule has 1 aliphatic heterocycles. The first-order valence-corrected chi connectivity index (χ1v) is 9.24. The van der Waals surface area contributed by atoms with E-state index in [0.29, 0.717) is 13.2 Å². The molecule has 0 unspecified atom stereocenters. The standard InChI is InChI=1S/C20H26N4O2/c1-23-10-11-26-17(18(23)16-12-21-14-24(16)2)13-22-19(25)20(8-9-20)15-6-4-3-5-7-15/h3-7,12,14,17-18H,8-11,13H2,1-2H3,(H,22,25)/t17-,18-/m0/s1. The fourth-order valence-electron chi connectivity index (χ4n) is 3.99. The van der Waals surface area contributed by atoms with Crippen LogP contribution in [0.5, 0.6) is 0 Å². The summed E-state index contributed by atoms with van der Waals surface area (Å²) in [6, 6.07) is 10.2. The van der Waals surface area contributed by atoms with E-state index in [1.165, 1.54) is 0 Å². The molecule has 2 fully saturated rings. The molecular weight excluding hydrogens is 328 g/mol. The van der Waals surface area contributed by atoms with Gasteiger partial charge in [0.15, 0.2) is 0 Å². The number of nitrogens with zero attached hydrogens (tertiary/aromatic N) is 3. The van der Waals surface area contributed by atoms with Gasteiger partial charge in [0.1, 0.15) is 0 Å². The van der Waals surface area contributed by atoms with Crippen LogP contribution in [0.4, 0.5) is 0 Å². The van der Waals surface area contributed by atoms with Gasteiger partial charge < -0.3 is 14.6 Å². The molecule has 1 amide bonds. The lowest BCUT2D eigenvalue weighted by molar-refractivity contribution is -0.125. The fraction of sp³-hybridized carbons (Fsp3) is 0.500. The van der Waals surface area contributed by atoms with Gasteiger partial charge in [-0.1, -0.05) is 30.3 Å². The molecule has 2 atom stereocenters. The molecule has 6 heteroatoms. The van der Waals surface area contributed by atoms with E-state index in [9.17, 15) is 4.79 Å². The van der Waals surface area contributed by atoms with Crippen molar-refractivity contribution in [2.45, 2.75) is 30.4 Å². The van der Waals surface area contributed by atoms with Crippen LogP contribution in [-0.4, -0.2) is 53.2 Å². The second-order valence-electron chi connectivity index (χ2n) is 7.42. The third-order valence-electron chi connectivity index (χ3n) is 5.73. The zero-order chi connectivity index (χ0) is 18.1. The number of likely N-dealkylation sites (N-methyl/N-ethyl adjacent to an activating group) is 1. The highest BCUT2D eigenvalue weighted by Crippen LogP contribution is 2.48. The summed E-state index contributed by atoms with van der Waals surface area (Å²) in [6.07, 6.45) is 5.44. The quantitative estimate of drug-likeness (QED) is 0.887. The van der Waals surface area contributed by atoms with Crippen molar-refractivity contribution >= 4 is 5.91 Å². The van der Waals surface area contributed by atoms with Crippen LogP contribution in [-0.2, 0) is 22.0 Å². The first-order chi connectivity index (χ1) is 12.6. The number of morpholine rings is 1. The normalized spacial score (nSPS) is 25.0. The highest BCUT2D eigenvalue weighted by Gasteiger charge is 2.51. The number of amides is 1. The predicted molar refractivity (Wildman–Crippen MR) is 98.7 cm³/mol. The predicted octanol–water partition coefficient (Wildman–Crippen LogP) is 1.64. The Morgan fingerprint density at radius 3 is 2.73 bits per heavy atom. The highest BCUT2D eigenvalue weighted by molar-refractivity contribution is 5.91. The van der Waals surface area contributed by atoms with Gasteiger partial charge in [-0.25, -0.2) is 4.98 Å². The van der Waals surface area contributed by atoms with Crippen molar-refractivity contribution < 1.29 is 9.53 Å². The van der Waals surface area contributed by atoms with Crippen molar-refractivity contribution in [1.82, 2.24) is 19.8 Å². The van der Waals surface area contributed by atoms with E-state index in [1.54, 1.807) is 0 Å². The number of carbonyl (C=O) groups excluding carboxylic acids is 1. The molecule has 6 nitrogen and oxygen atoms in total. The maximum atomic E-state index is 12.9. The van der Waals surface area contributed by atoms with Crippen molar-refractivity contribution in [1.29, 1.82) is 0 Å². The summed E-state index contributed by atoms with van der Waals surface area (Å²) >= 11 is 0. The van der Waals surface area contributed by atoms with Crippen LogP contribution in [0.25, 0.3) is 0 Å². The van der Waals surface area contributed by atoms with E-state index in [4.69, 9.17) is 4.74 Å². The van der Waals surface area contributed by atoms with Crippen LogP contribution in [0.1, 0.15) is 30.1 Å². The Labute approximate surface area is 154 Å². The van der Waals surface area contributed by atoms with Crippen LogP contribution in [0.2, 0.25) is 0 Å². The monoisotopic (exact) mass is 354 g/mol. The second-order valence-corrected chi connectivity index (χ2v) is 7.42. The zero-order valence-electron chi connectivity index (χ0n) is 15.4. The van der Waals surface area contributed by atoms with Gasteiger partial charge in [0.2, 0.25) is 5.91 Å². The third kappa shape index (κ3) is 3.04. The molecule has 2 aliphatic rings. The maximum Gasteiger partial charge on any atom is 0.230 e. The van der Waals surface area contributed by atoms with Crippen molar-refractivity contribution in [2.75, 3.05) is 26.7 Å². The number of nitrogens with one attached hydrogen (secondary N) is 1. The van der Waals surface area contributed by atoms with Crippen LogP contribution >= 0.6 is 0 Å². The van der Waals surface area contributed by atoms with Gasteiger partial charge in [-0.3, -0.25) is 9.69 Å². The largest absolute Gasteiger partial charge is 0.373 e. The molecule has 4 rings (SSSR count). The average Bonchev–Trinajstić information content (AvgIpc) is 3.37. The molecule has 2 aromatic rings. The molecule has 26 heavy (non-hydrogen) atoms. The first kappa shape index (κ1) is 17.2. The summed E-state index contributed by atoms with van der Waals surface area (Å²) in [5.74, 6) is 0.115. The number of aromatic nitrogens is 2. The minimum absolute atomic E-state index is 0.0836. The van der Waals surface area contributed by atoms with E-state index in [1.807, 2.05) is 42.3 Å². The van der Waals surface area contributed by atoms with Gasteiger partial charge in [0.25, 0.3) is 0 Å². The first-order valence-electron chi connectivity index (χ1n) is 9.24. The Balaban J connectivity index is 1.46. The van der Waals surface area contributed by atoms with Gasteiger partial charge >= 0.3 is 0 Å². The summed E-state index contributed by atoms with van der Waals surface area (Å²) in [5.41, 5.74) is 1.88. The Morgan fingerprint density at radius 1 is 1.31 bits per heavy atom. The molecule has 1 aliphatic carbocycles. The van der Waals surface area contributed by atoms with E-state index >= 15 is 0 Å². The Morgan fingerprint density at radius 2 is 2.08 bits per heavy atom. The molecule has 1 aromatic heterocycles. The zero-order valence-corrected chi connectivity index (χ0v) is 15.4. The maximum absolute atomic E-state index is 12.9. The Kier molecular flexibility index (Phi) is 4.54. The number of rotatable bonds is 5. The van der Waals surface area contributed by atoms with Gasteiger partial charge in [-0.15, -0.1) is 0 Å². The lowest BCUT2D eigenvalue weighted by Crippen LogP contribution is -2.50. The minimum atomic E-state index is -0.343. The summed E-state index contributed by atoms with van der Waals surface area (Å²) in [6.45, 7) is 2.05. The number of hydrogen-bond acceptors (Lipinski definition) is 4. The number of hydrogen-bond donors (Lipinski definition) is 1. The molecule has 138 valence electrons. The highest BCUT2D eigenvalue weighted by atomic mass is 16.5. The second kappa shape index (κ2) is 6.85. The molecule has 1 N–H and O–H groups in total. The number of benzene rings is 1. The lowest BCUT2D eigenvalue weighted by Gasteiger charge is -2.39. The summed E-state index contributed by atoms with van der Waals surface area (Å²) in [7, 11) is 4.09. The summed E-state index contributed by atoms with van der Waals surface area (Å²) in [5, 5.41) is 3.17. The smallest absolute Gasteiger partial charge is 0.230 e. The molecular formula is C20H26N4O2. The Bertz CT molecular complexity index is 769. The molecule has 0 radical (unpaired) electrons. The van der Waals surface area contributed by atoms with Crippen LogP contribution in [0.3, 0.4) is 0 Å². The Hall–Kier alpha value is -2.18. The molecule has 1 aromatic carbocycles. The number of imidazole rings is 1. The minimum Gasteiger partial charge on any atom is -0.373 e. The molecule has 0 spiro atoms. The SMILES string of the molecule is CN1CCO[C@@H](CNC(=O)C2(c3ccccc3)CC2)[C@@H]1c1cncn1C. The lowest BCUT2D eigenvalue weighted by atomic mass is 9.95. The van der Waals surface area contributed by atoms with E-state index in [2.05, 4.69) is 34.4 Å². The molecule has 2 heterocycles. The fourth-order valence-corrected chi connectivity index (χ4v) is 3.99. The number of ether oxygens (including phenoxy) is 1. The van der Waals surface area contributed by atoms with E-state index < -0.39 is 0 Å². The topological polar surface area (TPSA) is 59.4 Å². The van der Waals surface area contributed by atoms with Crippen molar-refractivity contribution in [3.63, 3.8) is 0 Å². The van der Waals surface area contributed by atoms with Gasteiger partial charge in [-0.05, 0) is 25.5 Å². The van der Waals surface area contributed by atoms with E-state index in [0.717, 1.165) is 30.6 Å². The van der Waals surface area contributed by atoms with Crippen LogP contribution in [0, 0.1) is 0 Å². The van der Waals surface area contributed by atoms with E-state index in [-0.39, 0.29) is 23.5 Å². The van der Waals surface area contributed by atoms with Gasteiger partial charge in [0, 0.05) is 26.3 Å². The van der Waals surface area contributed by atoms with Crippen LogP contribution in [0.15, 0.2) is 42.9 Å². The van der Waals surface area contributed by atoms with Crippen molar-refractivity contribution in [3.8, 4) is 0 Å². The average molecular weight is 354 g/mol. The third-order valence-corrected chi connectivity index (χ3v) is 5.73. The summed E-state index contributed by atoms with van der Waals surface area (Å²) in [4.78, 5) is 19.4. The van der Waals surface area contributed by atoms with Crippen LogP contribution < -0.4 is 5.32 Å². The summed E-state index contributed by atoms with van der Waals surface area (Å²) < 4.78 is 8.06. The molecule has 1 saturated heterocycles.